The molecule has 1 aromatic carbocycles. The molecule has 13 heavy (non-hydrogen) atoms. The Morgan fingerprint density at radius 3 is 2.85 bits per heavy atom. The lowest BCUT2D eigenvalue weighted by Gasteiger charge is -2.07. The molecule has 3 heteroatoms. The van der Waals surface area contributed by atoms with Crippen molar-refractivity contribution >= 4 is 17.3 Å². The van der Waals surface area contributed by atoms with Crippen molar-refractivity contribution in [1.29, 1.82) is 0 Å². The standard InChI is InChI=1S/C10H12ClNO/c1-12-10-6-8(4-5-9(10)11)13-7-2-3-7/h4-7,12H,2-3H2,1H3. The van der Waals surface area contributed by atoms with Crippen LogP contribution in [0.3, 0.4) is 0 Å². The second-order valence-corrected chi connectivity index (χ2v) is 3.62. The summed E-state index contributed by atoms with van der Waals surface area (Å²) in [6, 6.07) is 5.69. The van der Waals surface area contributed by atoms with E-state index in [0.717, 1.165) is 16.5 Å². The van der Waals surface area contributed by atoms with E-state index in [0.29, 0.717) is 6.10 Å². The van der Waals surface area contributed by atoms with Gasteiger partial charge in [-0.15, -0.1) is 0 Å². The highest BCUT2D eigenvalue weighted by atomic mass is 35.5. The first-order chi connectivity index (χ1) is 6.29. The second-order valence-electron chi connectivity index (χ2n) is 3.21. The first-order valence-electron chi connectivity index (χ1n) is 4.43. The van der Waals surface area contributed by atoms with E-state index in [-0.39, 0.29) is 0 Å². The van der Waals surface area contributed by atoms with Gasteiger partial charge in [0.1, 0.15) is 5.75 Å². The highest BCUT2D eigenvalue weighted by Gasteiger charge is 2.23. The number of rotatable bonds is 3. The Labute approximate surface area is 82.9 Å². The minimum absolute atomic E-state index is 0.436. The molecule has 0 heterocycles. The molecule has 1 fully saturated rings. The van der Waals surface area contributed by atoms with Crippen LogP contribution in [0, 0.1) is 0 Å². The minimum Gasteiger partial charge on any atom is -0.490 e. The molecule has 0 spiro atoms. The summed E-state index contributed by atoms with van der Waals surface area (Å²) in [7, 11) is 1.85. The summed E-state index contributed by atoms with van der Waals surface area (Å²) < 4.78 is 5.62. The molecule has 0 unspecified atom stereocenters. The predicted molar refractivity (Wildman–Crippen MR) is 54.6 cm³/mol. The normalized spacial score (nSPS) is 15.5. The lowest BCUT2D eigenvalue weighted by molar-refractivity contribution is 0.303. The van der Waals surface area contributed by atoms with Crippen LogP contribution in [0.5, 0.6) is 5.75 Å². The number of nitrogens with one attached hydrogen (secondary N) is 1. The Bertz CT molecular complexity index is 310. The van der Waals surface area contributed by atoms with Crippen LogP contribution in [0.2, 0.25) is 5.02 Å². The highest BCUT2D eigenvalue weighted by Crippen LogP contribution is 2.31. The van der Waals surface area contributed by atoms with E-state index in [1.54, 1.807) is 0 Å². The molecule has 0 radical (unpaired) electrons. The summed E-state index contributed by atoms with van der Waals surface area (Å²) in [5.41, 5.74) is 0.916. The van der Waals surface area contributed by atoms with E-state index >= 15 is 0 Å². The summed E-state index contributed by atoms with van der Waals surface area (Å²) in [6.07, 6.45) is 2.79. The smallest absolute Gasteiger partial charge is 0.121 e. The van der Waals surface area contributed by atoms with E-state index < -0.39 is 0 Å². The van der Waals surface area contributed by atoms with Crippen LogP contribution in [0.1, 0.15) is 12.8 Å². The monoisotopic (exact) mass is 197 g/mol. The first kappa shape index (κ1) is 8.70. The third-order valence-corrected chi connectivity index (χ3v) is 2.36. The first-order valence-corrected chi connectivity index (χ1v) is 4.81. The Morgan fingerprint density at radius 2 is 2.23 bits per heavy atom. The van der Waals surface area contributed by atoms with Gasteiger partial charge in [0.25, 0.3) is 0 Å². The second kappa shape index (κ2) is 3.46. The van der Waals surface area contributed by atoms with Gasteiger partial charge < -0.3 is 10.1 Å². The van der Waals surface area contributed by atoms with Gasteiger partial charge in [-0.1, -0.05) is 11.6 Å². The maximum atomic E-state index is 5.93. The molecule has 0 atom stereocenters. The van der Waals surface area contributed by atoms with E-state index in [1.165, 1.54) is 12.8 Å². The number of hydrogen-bond acceptors (Lipinski definition) is 2. The zero-order valence-corrected chi connectivity index (χ0v) is 8.27. The predicted octanol–water partition coefficient (Wildman–Crippen LogP) is 2.92. The van der Waals surface area contributed by atoms with E-state index in [9.17, 15) is 0 Å². The van der Waals surface area contributed by atoms with Crippen LogP contribution in [0.15, 0.2) is 18.2 Å². The lowest BCUT2D eigenvalue weighted by atomic mass is 10.3. The Balaban J connectivity index is 2.16. The maximum absolute atomic E-state index is 5.93. The minimum atomic E-state index is 0.436. The summed E-state index contributed by atoms with van der Waals surface area (Å²) in [4.78, 5) is 0. The van der Waals surface area contributed by atoms with Crippen LogP contribution >= 0.6 is 11.6 Å². The fourth-order valence-electron chi connectivity index (χ4n) is 1.15. The summed E-state index contributed by atoms with van der Waals surface area (Å²) in [6.45, 7) is 0. The third-order valence-electron chi connectivity index (χ3n) is 2.03. The zero-order valence-electron chi connectivity index (χ0n) is 7.51. The van der Waals surface area contributed by atoms with Crippen molar-refractivity contribution in [2.75, 3.05) is 12.4 Å². The molecule has 2 rings (SSSR count). The molecule has 0 aliphatic heterocycles. The fourth-order valence-corrected chi connectivity index (χ4v) is 1.36. The van der Waals surface area contributed by atoms with Crippen molar-refractivity contribution in [2.24, 2.45) is 0 Å². The fraction of sp³-hybridized carbons (Fsp3) is 0.400. The topological polar surface area (TPSA) is 21.3 Å². The SMILES string of the molecule is CNc1cc(OC2CC2)ccc1Cl. The number of benzene rings is 1. The molecule has 1 aromatic rings. The largest absolute Gasteiger partial charge is 0.490 e. The highest BCUT2D eigenvalue weighted by molar-refractivity contribution is 6.33. The van der Waals surface area contributed by atoms with Gasteiger partial charge >= 0.3 is 0 Å². The van der Waals surface area contributed by atoms with Crippen LogP contribution < -0.4 is 10.1 Å². The van der Waals surface area contributed by atoms with Gasteiger partial charge in [0.05, 0.1) is 16.8 Å². The van der Waals surface area contributed by atoms with Crippen LogP contribution in [0.4, 0.5) is 5.69 Å². The van der Waals surface area contributed by atoms with Crippen molar-refractivity contribution in [3.63, 3.8) is 0 Å². The lowest BCUT2D eigenvalue weighted by Crippen LogP contribution is -1.97. The molecular formula is C10H12ClNO. The maximum Gasteiger partial charge on any atom is 0.121 e. The Kier molecular flexibility index (Phi) is 2.32. The molecule has 0 aromatic heterocycles. The molecule has 1 saturated carbocycles. The number of ether oxygens (including phenoxy) is 1. The third kappa shape index (κ3) is 2.07. The average Bonchev–Trinajstić information content (AvgIpc) is 2.92. The molecule has 1 aliphatic carbocycles. The summed E-state index contributed by atoms with van der Waals surface area (Å²) in [5, 5.41) is 3.74. The van der Waals surface area contributed by atoms with Gasteiger partial charge in [0, 0.05) is 13.1 Å². The van der Waals surface area contributed by atoms with Crippen molar-refractivity contribution in [2.45, 2.75) is 18.9 Å². The molecule has 2 nitrogen and oxygen atoms in total. The van der Waals surface area contributed by atoms with Crippen LogP contribution in [-0.4, -0.2) is 13.2 Å². The summed E-state index contributed by atoms with van der Waals surface area (Å²) >= 11 is 5.93. The Hall–Kier alpha value is -0.890. The van der Waals surface area contributed by atoms with Crippen molar-refractivity contribution in [3.05, 3.63) is 23.2 Å². The van der Waals surface area contributed by atoms with Crippen molar-refractivity contribution in [3.8, 4) is 5.75 Å². The molecule has 1 N–H and O–H groups in total. The van der Waals surface area contributed by atoms with E-state index in [2.05, 4.69) is 5.32 Å². The molecule has 0 bridgehead atoms. The molecule has 0 saturated heterocycles. The van der Waals surface area contributed by atoms with Gasteiger partial charge in [-0.05, 0) is 25.0 Å². The van der Waals surface area contributed by atoms with Gasteiger partial charge in [-0.25, -0.2) is 0 Å². The average molecular weight is 198 g/mol. The Morgan fingerprint density at radius 1 is 1.46 bits per heavy atom. The van der Waals surface area contributed by atoms with Crippen LogP contribution in [0.25, 0.3) is 0 Å². The quantitative estimate of drug-likeness (QED) is 0.805. The summed E-state index contributed by atoms with van der Waals surface area (Å²) in [5.74, 6) is 0.899. The van der Waals surface area contributed by atoms with Crippen molar-refractivity contribution in [1.82, 2.24) is 0 Å². The van der Waals surface area contributed by atoms with Crippen molar-refractivity contribution < 1.29 is 4.74 Å². The zero-order chi connectivity index (χ0) is 9.26. The van der Waals surface area contributed by atoms with E-state index in [1.807, 2.05) is 25.2 Å². The van der Waals surface area contributed by atoms with Gasteiger partial charge in [0.15, 0.2) is 0 Å². The molecule has 70 valence electrons. The molecule has 0 amide bonds. The number of anilines is 1. The molecular weight excluding hydrogens is 186 g/mol. The number of hydrogen-bond donors (Lipinski definition) is 1. The van der Waals surface area contributed by atoms with Gasteiger partial charge in [-0.2, -0.15) is 0 Å². The van der Waals surface area contributed by atoms with Gasteiger partial charge in [-0.3, -0.25) is 0 Å². The van der Waals surface area contributed by atoms with Crippen LogP contribution in [-0.2, 0) is 0 Å². The number of halogens is 1. The molecule has 1 aliphatic rings. The van der Waals surface area contributed by atoms with E-state index in [4.69, 9.17) is 16.3 Å². The van der Waals surface area contributed by atoms with Gasteiger partial charge in [0.2, 0.25) is 0 Å².